The Balaban J connectivity index is 3.89. The lowest BCUT2D eigenvalue weighted by molar-refractivity contribution is -0.161. The zero-order chi connectivity index (χ0) is 27.4. The molecule has 0 amide bonds. The molecule has 0 heterocycles. The Morgan fingerprint density at radius 1 is 0.757 bits per heavy atom. The van der Waals surface area contributed by atoms with Gasteiger partial charge >= 0.3 is 11.9 Å². The van der Waals surface area contributed by atoms with Gasteiger partial charge in [-0.2, -0.15) is 0 Å². The second kappa shape index (κ2) is 26.9. The van der Waals surface area contributed by atoms with Gasteiger partial charge in [-0.1, -0.05) is 101 Å². The first-order chi connectivity index (χ1) is 18.0. The van der Waals surface area contributed by atoms with Gasteiger partial charge < -0.3 is 19.7 Å². The maximum atomic E-state index is 12.0. The van der Waals surface area contributed by atoms with E-state index in [2.05, 4.69) is 32.1 Å². The quantitative estimate of drug-likeness (QED) is 0.0622. The molecule has 0 aliphatic heterocycles. The summed E-state index contributed by atoms with van der Waals surface area (Å²) >= 11 is 0. The molecule has 0 radical (unpaired) electrons. The highest BCUT2D eigenvalue weighted by Gasteiger charge is 2.15. The molecule has 0 saturated heterocycles. The Morgan fingerprint density at radius 2 is 1.43 bits per heavy atom. The number of unbranched alkanes of at least 4 members (excludes halogenated alkanes) is 8. The Bertz CT molecular complexity index is 665. The Hall–Kier alpha value is -2.18. The molecule has 0 fully saturated rings. The van der Waals surface area contributed by atoms with Crippen molar-refractivity contribution in [2.75, 3.05) is 13.2 Å². The summed E-state index contributed by atoms with van der Waals surface area (Å²) in [6, 6.07) is 0. The number of rotatable bonds is 24. The Kier molecular flexibility index (Phi) is 25.3. The zero-order valence-corrected chi connectivity index (χ0v) is 23.3. The average molecular weight is 521 g/mol. The van der Waals surface area contributed by atoms with E-state index in [0.29, 0.717) is 25.7 Å². The largest absolute Gasteiger partial charge is 0.462 e. The molecule has 1 unspecified atom stereocenters. The third-order valence-electron chi connectivity index (χ3n) is 5.71. The molecule has 6 nitrogen and oxygen atoms in total. The monoisotopic (exact) mass is 520 g/mol. The van der Waals surface area contributed by atoms with Gasteiger partial charge in [0.25, 0.3) is 0 Å². The molecule has 0 saturated carbocycles. The number of carbonyl (C=O) groups is 2. The molecule has 0 aliphatic carbocycles. The van der Waals surface area contributed by atoms with Gasteiger partial charge in [0.15, 0.2) is 6.10 Å². The molecule has 0 spiro atoms. The van der Waals surface area contributed by atoms with Crippen molar-refractivity contribution < 1.29 is 29.3 Å². The van der Waals surface area contributed by atoms with E-state index in [1.54, 1.807) is 6.08 Å². The molecule has 0 aromatic heterocycles. The van der Waals surface area contributed by atoms with E-state index in [1.165, 1.54) is 25.7 Å². The predicted molar refractivity (Wildman–Crippen MR) is 151 cm³/mol. The van der Waals surface area contributed by atoms with E-state index < -0.39 is 18.2 Å². The van der Waals surface area contributed by atoms with Crippen LogP contribution in [-0.4, -0.2) is 47.6 Å². The Morgan fingerprint density at radius 3 is 2.19 bits per heavy atom. The Labute approximate surface area is 225 Å². The highest BCUT2D eigenvalue weighted by Crippen LogP contribution is 2.07. The zero-order valence-electron chi connectivity index (χ0n) is 23.3. The van der Waals surface area contributed by atoms with Crippen LogP contribution in [0.2, 0.25) is 0 Å². The van der Waals surface area contributed by atoms with Gasteiger partial charge in [-0.25, -0.2) is 0 Å². The lowest BCUT2D eigenvalue weighted by Crippen LogP contribution is -2.28. The van der Waals surface area contributed by atoms with Crippen LogP contribution >= 0.6 is 0 Å². The minimum atomic E-state index is -0.827. The molecule has 0 aromatic rings. The van der Waals surface area contributed by atoms with Crippen LogP contribution in [0.5, 0.6) is 0 Å². The summed E-state index contributed by atoms with van der Waals surface area (Å²) in [5, 5.41) is 19.4. The van der Waals surface area contributed by atoms with Gasteiger partial charge in [-0.15, -0.1) is 0 Å². The van der Waals surface area contributed by atoms with E-state index in [9.17, 15) is 19.8 Å². The molecule has 37 heavy (non-hydrogen) atoms. The first-order valence-electron chi connectivity index (χ1n) is 14.3. The highest BCUT2D eigenvalue weighted by atomic mass is 16.6. The number of aliphatic hydroxyl groups excluding tert-OH is 2. The lowest BCUT2D eigenvalue weighted by Gasteiger charge is -2.15. The normalized spacial score (nSPS) is 13.7. The molecule has 0 aromatic carbocycles. The van der Waals surface area contributed by atoms with Crippen molar-refractivity contribution in [3.8, 4) is 0 Å². The van der Waals surface area contributed by atoms with Gasteiger partial charge in [0.05, 0.1) is 12.7 Å². The minimum absolute atomic E-state index is 0.117. The van der Waals surface area contributed by atoms with Crippen LogP contribution in [0.1, 0.15) is 110 Å². The predicted octanol–water partition coefficient (Wildman–Crippen LogP) is 6.91. The van der Waals surface area contributed by atoms with E-state index in [4.69, 9.17) is 9.47 Å². The number of hydrogen-bond donors (Lipinski definition) is 2. The van der Waals surface area contributed by atoms with Crippen LogP contribution in [0, 0.1) is 0 Å². The van der Waals surface area contributed by atoms with Crippen LogP contribution in [0.25, 0.3) is 0 Å². The maximum Gasteiger partial charge on any atom is 0.306 e. The van der Waals surface area contributed by atoms with E-state index in [0.717, 1.165) is 38.5 Å². The summed E-state index contributed by atoms with van der Waals surface area (Å²) < 4.78 is 10.3. The molecule has 0 aliphatic rings. The first-order valence-corrected chi connectivity index (χ1v) is 14.3. The topological polar surface area (TPSA) is 93.1 Å². The van der Waals surface area contributed by atoms with Crippen LogP contribution in [-0.2, 0) is 19.1 Å². The SMILES string of the molecule is CCCCC/C=C\C/C=C\CC(O)/C=C\C=C\CCCC(=O)O[C@@H](CO)COC(=O)CCCCCCC. The summed E-state index contributed by atoms with van der Waals surface area (Å²) in [6.07, 6.45) is 27.9. The van der Waals surface area contributed by atoms with Crippen LogP contribution < -0.4 is 0 Å². The standard InChI is InChI=1S/C31H52O6/c1-3-5-7-9-10-11-12-15-18-22-28(33)23-19-16-13-17-21-25-31(35)37-29(26-32)27-36-30(34)24-20-14-8-6-4-2/h10-11,13,15-16,18-19,23,28-29,32-33H,3-9,12,14,17,20-22,24-27H2,1-2H3/b11-10-,16-13+,18-15-,23-19-/t28?,29-/m0/s1. The third-order valence-corrected chi connectivity index (χ3v) is 5.71. The number of aliphatic hydroxyl groups is 2. The summed E-state index contributed by atoms with van der Waals surface area (Å²) in [5.41, 5.74) is 0. The van der Waals surface area contributed by atoms with Gasteiger partial charge in [0.2, 0.25) is 0 Å². The summed E-state index contributed by atoms with van der Waals surface area (Å²) in [4.78, 5) is 23.7. The minimum Gasteiger partial charge on any atom is -0.462 e. The highest BCUT2D eigenvalue weighted by molar-refractivity contribution is 5.70. The van der Waals surface area contributed by atoms with Gasteiger partial charge in [-0.05, 0) is 44.9 Å². The van der Waals surface area contributed by atoms with E-state index in [-0.39, 0.29) is 25.6 Å². The average Bonchev–Trinajstić information content (AvgIpc) is 2.89. The maximum absolute atomic E-state index is 12.0. The lowest BCUT2D eigenvalue weighted by atomic mass is 10.1. The first kappa shape index (κ1) is 34.8. The van der Waals surface area contributed by atoms with Crippen molar-refractivity contribution in [3.63, 3.8) is 0 Å². The van der Waals surface area contributed by atoms with Gasteiger partial charge in [0, 0.05) is 12.8 Å². The van der Waals surface area contributed by atoms with Gasteiger partial charge in [-0.3, -0.25) is 9.59 Å². The van der Waals surface area contributed by atoms with Gasteiger partial charge in [0.1, 0.15) is 6.61 Å². The van der Waals surface area contributed by atoms with E-state index in [1.807, 2.05) is 24.3 Å². The number of ether oxygens (including phenoxy) is 2. The number of hydrogen-bond acceptors (Lipinski definition) is 6. The number of carbonyl (C=O) groups excluding carboxylic acids is 2. The number of allylic oxidation sites excluding steroid dienone is 6. The van der Waals surface area contributed by atoms with Crippen molar-refractivity contribution >= 4 is 11.9 Å². The van der Waals surface area contributed by atoms with Crippen LogP contribution in [0.3, 0.4) is 0 Å². The summed E-state index contributed by atoms with van der Waals surface area (Å²) in [5.74, 6) is -0.743. The van der Waals surface area contributed by atoms with Crippen LogP contribution in [0.15, 0.2) is 48.6 Å². The summed E-state index contributed by atoms with van der Waals surface area (Å²) in [7, 11) is 0. The molecule has 6 heteroatoms. The van der Waals surface area contributed by atoms with Crippen LogP contribution in [0.4, 0.5) is 0 Å². The van der Waals surface area contributed by atoms with Crippen molar-refractivity contribution in [2.24, 2.45) is 0 Å². The van der Waals surface area contributed by atoms with Crippen molar-refractivity contribution in [3.05, 3.63) is 48.6 Å². The molecular formula is C31H52O6. The summed E-state index contributed by atoms with van der Waals surface area (Å²) in [6.45, 7) is 3.85. The van der Waals surface area contributed by atoms with Crippen molar-refractivity contribution in [2.45, 2.75) is 122 Å². The molecule has 212 valence electrons. The fraction of sp³-hybridized carbons (Fsp3) is 0.677. The van der Waals surface area contributed by atoms with Crippen molar-refractivity contribution in [1.82, 2.24) is 0 Å². The molecule has 2 atom stereocenters. The molecule has 0 bridgehead atoms. The fourth-order valence-corrected chi connectivity index (χ4v) is 3.45. The number of esters is 2. The molecule has 2 N–H and O–H groups in total. The second-order valence-electron chi connectivity index (χ2n) is 9.32. The van der Waals surface area contributed by atoms with Crippen molar-refractivity contribution in [1.29, 1.82) is 0 Å². The van der Waals surface area contributed by atoms with E-state index >= 15 is 0 Å². The smallest absolute Gasteiger partial charge is 0.306 e. The fourth-order valence-electron chi connectivity index (χ4n) is 3.45. The molecular weight excluding hydrogens is 468 g/mol. The molecule has 0 rings (SSSR count). The second-order valence-corrected chi connectivity index (χ2v) is 9.32. The third kappa shape index (κ3) is 25.3.